The van der Waals surface area contributed by atoms with Crippen LogP contribution in [0.2, 0.25) is 0 Å². The van der Waals surface area contributed by atoms with E-state index in [1.165, 1.54) is 52.8 Å². The molecular weight excluding hydrogens is 322 g/mol. The first kappa shape index (κ1) is 13.5. The van der Waals surface area contributed by atoms with Crippen LogP contribution >= 0.6 is 11.3 Å². The fourth-order valence-corrected chi connectivity index (χ4v) is 5.41. The summed E-state index contributed by atoms with van der Waals surface area (Å²) in [4.78, 5) is 0. The first-order valence-electron chi connectivity index (χ1n) is 8.52. The second kappa shape index (κ2) is 4.62. The van der Waals surface area contributed by atoms with Gasteiger partial charge in [0.05, 0.1) is 0 Å². The van der Waals surface area contributed by atoms with Crippen LogP contribution in [0.25, 0.3) is 52.8 Å². The minimum atomic E-state index is 1.30. The second-order valence-corrected chi connectivity index (χ2v) is 7.76. The number of fused-ring (bicyclic) bond motifs is 8. The Morgan fingerprint density at radius 3 is 2.36 bits per heavy atom. The van der Waals surface area contributed by atoms with Gasteiger partial charge < -0.3 is 4.57 Å². The van der Waals surface area contributed by atoms with E-state index in [0.29, 0.717) is 0 Å². The third-order valence-electron chi connectivity index (χ3n) is 5.40. The number of thiophene rings is 1. The molecule has 0 aliphatic carbocycles. The van der Waals surface area contributed by atoms with Gasteiger partial charge in [-0.25, -0.2) is 0 Å². The van der Waals surface area contributed by atoms with Crippen LogP contribution in [-0.2, 0) is 7.05 Å². The molecule has 25 heavy (non-hydrogen) atoms. The average Bonchev–Trinajstić information content (AvgIpc) is 3.16. The number of aryl methyl sites for hydroxylation is 1. The Morgan fingerprint density at radius 2 is 1.44 bits per heavy atom. The van der Waals surface area contributed by atoms with Crippen molar-refractivity contribution in [2.24, 2.45) is 7.05 Å². The summed E-state index contributed by atoms with van der Waals surface area (Å²) in [5.74, 6) is 0. The van der Waals surface area contributed by atoms with E-state index in [0.717, 1.165) is 0 Å². The number of nitrogens with zero attached hydrogens (tertiary/aromatic N) is 1. The molecule has 0 spiro atoms. The van der Waals surface area contributed by atoms with Gasteiger partial charge in [-0.05, 0) is 29.0 Å². The van der Waals surface area contributed by atoms with Crippen molar-refractivity contribution in [2.45, 2.75) is 0 Å². The van der Waals surface area contributed by atoms with E-state index >= 15 is 0 Å². The van der Waals surface area contributed by atoms with E-state index in [1.54, 1.807) is 0 Å². The number of para-hydroxylation sites is 1. The van der Waals surface area contributed by atoms with Crippen molar-refractivity contribution in [3.05, 3.63) is 72.8 Å². The molecule has 0 unspecified atom stereocenters. The number of hydrogen-bond donors (Lipinski definition) is 0. The molecule has 6 aromatic rings. The summed E-state index contributed by atoms with van der Waals surface area (Å²) in [5, 5.41) is 8.09. The van der Waals surface area contributed by atoms with Crippen LogP contribution < -0.4 is 0 Å². The highest BCUT2D eigenvalue weighted by molar-refractivity contribution is 7.26. The van der Waals surface area contributed by atoms with Crippen molar-refractivity contribution >= 4 is 64.1 Å². The van der Waals surface area contributed by atoms with Crippen LogP contribution in [0.1, 0.15) is 0 Å². The van der Waals surface area contributed by atoms with Crippen LogP contribution in [0.5, 0.6) is 0 Å². The van der Waals surface area contributed by atoms with Crippen LogP contribution in [0.3, 0.4) is 0 Å². The Kier molecular flexibility index (Phi) is 2.48. The lowest BCUT2D eigenvalue weighted by Gasteiger charge is -2.00. The number of hydrogen-bond acceptors (Lipinski definition) is 1. The Morgan fingerprint density at radius 1 is 0.640 bits per heavy atom. The predicted molar refractivity (Wildman–Crippen MR) is 111 cm³/mol. The highest BCUT2D eigenvalue weighted by Gasteiger charge is 2.13. The first-order chi connectivity index (χ1) is 12.3. The molecule has 0 bridgehead atoms. The van der Waals surface area contributed by atoms with Gasteiger partial charge in [-0.2, -0.15) is 0 Å². The maximum absolute atomic E-state index is 2.38. The zero-order chi connectivity index (χ0) is 16.5. The molecular formula is C23H15NS. The van der Waals surface area contributed by atoms with Gasteiger partial charge in [-0.15, -0.1) is 11.3 Å². The molecule has 2 aromatic heterocycles. The van der Waals surface area contributed by atoms with Crippen molar-refractivity contribution in [1.29, 1.82) is 0 Å². The lowest BCUT2D eigenvalue weighted by molar-refractivity contribution is 1.02. The van der Waals surface area contributed by atoms with Crippen LogP contribution in [-0.4, -0.2) is 4.57 Å². The fraction of sp³-hybridized carbons (Fsp3) is 0.0435. The van der Waals surface area contributed by atoms with E-state index in [-0.39, 0.29) is 0 Å². The molecule has 0 fully saturated rings. The molecule has 2 heteroatoms. The molecule has 0 aliphatic heterocycles. The van der Waals surface area contributed by atoms with Crippen LogP contribution in [0, 0.1) is 0 Å². The average molecular weight is 337 g/mol. The summed E-state index contributed by atoms with van der Waals surface area (Å²) in [7, 11) is 2.17. The van der Waals surface area contributed by atoms with Crippen LogP contribution in [0.4, 0.5) is 0 Å². The molecule has 0 saturated carbocycles. The number of rotatable bonds is 0. The molecule has 2 heterocycles. The molecule has 0 atom stereocenters. The summed E-state index contributed by atoms with van der Waals surface area (Å²) in [6.45, 7) is 0. The zero-order valence-corrected chi connectivity index (χ0v) is 14.6. The maximum atomic E-state index is 2.38. The summed E-state index contributed by atoms with van der Waals surface area (Å²) >= 11 is 1.91. The van der Waals surface area contributed by atoms with Crippen molar-refractivity contribution in [1.82, 2.24) is 4.57 Å². The molecule has 0 N–H and O–H groups in total. The monoisotopic (exact) mass is 337 g/mol. The van der Waals surface area contributed by atoms with E-state index in [4.69, 9.17) is 0 Å². The standard InChI is InChI=1S/C23H15NS/c1-24-20-9-5-4-8-16(20)18-13-22-19(12-21(18)24)17-11-10-14-6-2-3-7-15(14)23(17)25-22/h2-13H,1H3. The van der Waals surface area contributed by atoms with Gasteiger partial charge in [0.25, 0.3) is 0 Å². The van der Waals surface area contributed by atoms with Gasteiger partial charge in [0, 0.05) is 49.0 Å². The van der Waals surface area contributed by atoms with Gasteiger partial charge in [-0.1, -0.05) is 54.6 Å². The van der Waals surface area contributed by atoms with Crippen molar-refractivity contribution in [2.75, 3.05) is 0 Å². The molecule has 0 saturated heterocycles. The SMILES string of the molecule is Cn1c2ccccc2c2cc3sc4c5ccccc5ccc4c3cc21. The van der Waals surface area contributed by atoms with Crippen LogP contribution in [0.15, 0.2) is 72.8 Å². The lowest BCUT2D eigenvalue weighted by Crippen LogP contribution is -1.85. The molecule has 6 rings (SSSR count). The molecule has 0 aliphatic rings. The smallest absolute Gasteiger partial charge is 0.0495 e. The lowest BCUT2D eigenvalue weighted by atomic mass is 10.1. The Balaban J connectivity index is 1.86. The number of benzene rings is 4. The van der Waals surface area contributed by atoms with Gasteiger partial charge in [0.1, 0.15) is 0 Å². The number of aromatic nitrogens is 1. The normalized spacial score (nSPS) is 12.2. The Labute approximate surface area is 148 Å². The third kappa shape index (κ3) is 1.67. The minimum absolute atomic E-state index is 1.30. The molecule has 118 valence electrons. The van der Waals surface area contributed by atoms with Gasteiger partial charge in [0.2, 0.25) is 0 Å². The third-order valence-corrected chi connectivity index (χ3v) is 6.60. The highest BCUT2D eigenvalue weighted by atomic mass is 32.1. The van der Waals surface area contributed by atoms with E-state index in [1.807, 2.05) is 11.3 Å². The zero-order valence-electron chi connectivity index (χ0n) is 13.8. The maximum Gasteiger partial charge on any atom is 0.0495 e. The van der Waals surface area contributed by atoms with E-state index < -0.39 is 0 Å². The minimum Gasteiger partial charge on any atom is -0.344 e. The van der Waals surface area contributed by atoms with Gasteiger partial charge >= 0.3 is 0 Å². The molecule has 0 amide bonds. The highest BCUT2D eigenvalue weighted by Crippen LogP contribution is 2.41. The van der Waals surface area contributed by atoms with E-state index in [9.17, 15) is 0 Å². The van der Waals surface area contributed by atoms with E-state index in [2.05, 4.69) is 84.4 Å². The van der Waals surface area contributed by atoms with Gasteiger partial charge in [-0.3, -0.25) is 0 Å². The first-order valence-corrected chi connectivity index (χ1v) is 9.34. The van der Waals surface area contributed by atoms with Crippen molar-refractivity contribution in [3.8, 4) is 0 Å². The Hall–Kier alpha value is -2.84. The molecule has 1 nitrogen and oxygen atoms in total. The fourth-order valence-electron chi connectivity index (χ4n) is 4.16. The summed E-state index contributed by atoms with van der Waals surface area (Å²) in [5.41, 5.74) is 2.60. The predicted octanol–water partition coefficient (Wildman–Crippen LogP) is 6.85. The van der Waals surface area contributed by atoms with Gasteiger partial charge in [0.15, 0.2) is 0 Å². The summed E-state index contributed by atoms with van der Waals surface area (Å²) < 4.78 is 5.08. The topological polar surface area (TPSA) is 4.93 Å². The quantitative estimate of drug-likeness (QED) is 0.285. The summed E-state index contributed by atoms with van der Waals surface area (Å²) in [6.07, 6.45) is 0. The largest absolute Gasteiger partial charge is 0.344 e. The molecule has 0 radical (unpaired) electrons. The Bertz CT molecular complexity index is 1450. The molecule has 4 aromatic carbocycles. The summed E-state index contributed by atoms with van der Waals surface area (Å²) in [6, 6.07) is 26.6. The van der Waals surface area contributed by atoms with Crippen molar-refractivity contribution < 1.29 is 0 Å². The second-order valence-electron chi connectivity index (χ2n) is 6.71. The van der Waals surface area contributed by atoms with Crippen molar-refractivity contribution in [3.63, 3.8) is 0 Å².